The van der Waals surface area contributed by atoms with Crippen molar-refractivity contribution in [3.05, 3.63) is 146 Å². The van der Waals surface area contributed by atoms with Crippen LogP contribution in [0.15, 0.2) is 85.6 Å². The molecule has 5 nitrogen and oxygen atoms in total. The number of aromatic nitrogens is 2. The Bertz CT molecular complexity index is 1710. The quantitative estimate of drug-likeness (QED) is 0.137. The largest absolute Gasteiger partial charge is 4.00 e. The van der Waals surface area contributed by atoms with Gasteiger partial charge in [-0.25, -0.2) is 23.2 Å². The first kappa shape index (κ1) is 33.7. The fourth-order valence-corrected chi connectivity index (χ4v) is 4.21. The molecule has 0 saturated carbocycles. The molecule has 1 aliphatic heterocycles. The first-order valence-corrected chi connectivity index (χ1v) is 13.0. The van der Waals surface area contributed by atoms with Gasteiger partial charge in [-0.3, -0.25) is 12.1 Å². The van der Waals surface area contributed by atoms with Gasteiger partial charge in [0.25, 0.3) is 0 Å². The minimum atomic E-state index is 0. The van der Waals surface area contributed by atoms with Crippen molar-refractivity contribution in [2.75, 3.05) is 11.9 Å². The fraction of sp³-hybridized carbons (Fsp3) is 0.111. The van der Waals surface area contributed by atoms with Gasteiger partial charge < -0.3 is 42.1 Å². The number of nitrogens with zero attached hydrogens (tertiary/aromatic N) is 4. The summed E-state index contributed by atoms with van der Waals surface area (Å²) < 4.78 is 7.83. The maximum Gasteiger partial charge on any atom is 4.00 e. The van der Waals surface area contributed by atoms with Crippen LogP contribution < -0.4 is 9.64 Å². The van der Waals surface area contributed by atoms with Crippen LogP contribution in [0.4, 0.5) is 5.69 Å². The van der Waals surface area contributed by atoms with Crippen LogP contribution in [0.25, 0.3) is 22.4 Å². The van der Waals surface area contributed by atoms with E-state index in [4.69, 9.17) is 11.2 Å². The van der Waals surface area contributed by atoms with Gasteiger partial charge in [0, 0.05) is 39.2 Å². The molecule has 220 valence electrons. The molecule has 0 radical (unpaired) electrons. The smallest absolute Gasteiger partial charge is 0.669 e. The van der Waals surface area contributed by atoms with Crippen LogP contribution in [0.3, 0.4) is 0 Å². The summed E-state index contributed by atoms with van der Waals surface area (Å²) in [4.78, 5) is 8.53. The molecule has 6 rings (SSSR count). The van der Waals surface area contributed by atoms with Gasteiger partial charge in [-0.05, 0) is 37.8 Å². The van der Waals surface area contributed by atoms with Gasteiger partial charge in [0.1, 0.15) is 0 Å². The van der Waals surface area contributed by atoms with Crippen LogP contribution in [0, 0.1) is 70.2 Å². The Morgan fingerprint density at radius 3 is 2.30 bits per heavy atom. The summed E-state index contributed by atoms with van der Waals surface area (Å²) in [7, 11) is 2.00. The molecule has 0 atom stereocenters. The first-order chi connectivity index (χ1) is 19.9. The van der Waals surface area contributed by atoms with Gasteiger partial charge in [0.05, 0.1) is 0 Å². The fourth-order valence-electron chi connectivity index (χ4n) is 4.21. The average Bonchev–Trinajstić information content (AvgIpc) is 3.70. The molecule has 0 bridgehead atoms. The van der Waals surface area contributed by atoms with Crippen LogP contribution in [-0.4, -0.2) is 21.5 Å². The SMILES string of the molecule is Cc1c(Oc2[c-]c(-c3[c-]c(-c4[c-]cccc4)ccn3)[c-]cc2)[c-]c(N2C=CN(C)[CH-]2)c(C)c1C.[C-]#Cn1cccc1.[Pt+4].[Pt]. The van der Waals surface area contributed by atoms with Crippen molar-refractivity contribution in [3.8, 4) is 39.9 Å². The van der Waals surface area contributed by atoms with E-state index in [-0.39, 0.29) is 42.1 Å². The van der Waals surface area contributed by atoms with E-state index in [1.54, 1.807) is 23.2 Å². The minimum Gasteiger partial charge on any atom is -0.669 e. The normalized spacial score (nSPS) is 11.5. The molecular formula is C36H27N4OPt2-3. The standard InChI is InChI=1S/C30H23N3O.C6H4N.2Pt/c1-21-22(2)29(33-16-15-32(4)20-33)19-30(23(21)3)34-27-12-8-11-26(17-27)28-18-25(13-14-31-28)24-9-6-5-7-10-24;1-2-7-5-3-4-6-7;;/h5-9,12-16,20H,1-4H3;3-6H;;/q-6;-1;;+4. The molecule has 0 unspecified atom stereocenters. The Labute approximate surface area is 283 Å². The van der Waals surface area contributed by atoms with Crippen molar-refractivity contribution >= 4 is 5.69 Å². The van der Waals surface area contributed by atoms with E-state index in [0.717, 1.165) is 22.4 Å². The zero-order valence-electron chi connectivity index (χ0n) is 24.0. The molecule has 43 heavy (non-hydrogen) atoms. The summed E-state index contributed by atoms with van der Waals surface area (Å²) in [6.45, 7) is 8.28. The molecule has 2 aromatic heterocycles. The molecule has 3 heterocycles. The zero-order chi connectivity index (χ0) is 28.8. The summed E-state index contributed by atoms with van der Waals surface area (Å²) >= 11 is 0. The Hall–Kier alpha value is -3.83. The molecule has 1 aliphatic rings. The van der Waals surface area contributed by atoms with E-state index in [2.05, 4.69) is 62.1 Å². The van der Waals surface area contributed by atoms with Crippen molar-refractivity contribution in [1.29, 1.82) is 0 Å². The summed E-state index contributed by atoms with van der Waals surface area (Å²) in [5.41, 5.74) is 7.57. The molecule has 7 heteroatoms. The average molecular weight is 922 g/mol. The molecule has 0 N–H and O–H groups in total. The van der Waals surface area contributed by atoms with Crippen molar-refractivity contribution in [2.24, 2.45) is 0 Å². The molecule has 0 fully saturated rings. The van der Waals surface area contributed by atoms with Gasteiger partial charge >= 0.3 is 21.1 Å². The predicted molar refractivity (Wildman–Crippen MR) is 161 cm³/mol. The van der Waals surface area contributed by atoms with Crippen molar-refractivity contribution in [2.45, 2.75) is 20.8 Å². The number of ether oxygens (including phenoxy) is 1. The van der Waals surface area contributed by atoms with E-state index < -0.39 is 0 Å². The Morgan fingerprint density at radius 2 is 1.65 bits per heavy atom. The van der Waals surface area contributed by atoms with Crippen LogP contribution in [0.2, 0.25) is 0 Å². The van der Waals surface area contributed by atoms with E-state index in [0.29, 0.717) is 22.8 Å². The number of pyridine rings is 1. The monoisotopic (exact) mass is 921 g/mol. The Balaban J connectivity index is 0.000000497. The van der Waals surface area contributed by atoms with Crippen molar-refractivity contribution in [1.82, 2.24) is 14.5 Å². The number of anilines is 1. The van der Waals surface area contributed by atoms with Crippen molar-refractivity contribution < 1.29 is 46.9 Å². The number of benzene rings is 3. The Kier molecular flexibility index (Phi) is 12.2. The van der Waals surface area contributed by atoms with Gasteiger partial charge in [-0.1, -0.05) is 32.2 Å². The molecule has 5 aromatic rings. The third-order valence-electron chi connectivity index (χ3n) is 6.67. The van der Waals surface area contributed by atoms with E-state index >= 15 is 0 Å². The number of hydrogen-bond acceptors (Lipinski definition) is 4. The molecular weight excluding hydrogens is 895 g/mol. The van der Waals surface area contributed by atoms with Gasteiger partial charge in [-0.15, -0.1) is 28.8 Å². The summed E-state index contributed by atoms with van der Waals surface area (Å²) in [5, 5.41) is 0. The molecule has 0 amide bonds. The van der Waals surface area contributed by atoms with Crippen LogP contribution >= 0.6 is 0 Å². The summed E-state index contributed by atoms with van der Waals surface area (Å²) in [6, 6.07) is 35.8. The van der Waals surface area contributed by atoms with E-state index in [1.165, 1.54) is 11.1 Å². The van der Waals surface area contributed by atoms with Crippen molar-refractivity contribution in [3.63, 3.8) is 0 Å². The van der Waals surface area contributed by atoms with E-state index in [1.807, 2.05) is 90.5 Å². The minimum absolute atomic E-state index is 0. The Morgan fingerprint density at radius 1 is 0.860 bits per heavy atom. The van der Waals surface area contributed by atoms with Crippen LogP contribution in [0.5, 0.6) is 11.5 Å². The predicted octanol–water partition coefficient (Wildman–Crippen LogP) is 7.35. The van der Waals surface area contributed by atoms with Gasteiger partial charge in [0.15, 0.2) is 0 Å². The van der Waals surface area contributed by atoms with Crippen LogP contribution in [-0.2, 0) is 42.1 Å². The van der Waals surface area contributed by atoms with Gasteiger partial charge in [-0.2, -0.15) is 48.8 Å². The molecule has 0 saturated heterocycles. The third-order valence-corrected chi connectivity index (χ3v) is 6.67. The van der Waals surface area contributed by atoms with Gasteiger partial charge in [0.2, 0.25) is 0 Å². The van der Waals surface area contributed by atoms with Crippen LogP contribution in [0.1, 0.15) is 16.7 Å². The zero-order valence-corrected chi connectivity index (χ0v) is 28.5. The summed E-state index contributed by atoms with van der Waals surface area (Å²) in [5.74, 6) is 1.25. The number of rotatable bonds is 5. The molecule has 3 aromatic carbocycles. The molecule has 0 spiro atoms. The maximum absolute atomic E-state index is 6.57. The second-order valence-electron chi connectivity index (χ2n) is 9.42. The maximum atomic E-state index is 6.57. The molecule has 0 aliphatic carbocycles. The third kappa shape index (κ3) is 8.17. The second-order valence-corrected chi connectivity index (χ2v) is 9.42. The second kappa shape index (κ2) is 15.6. The summed E-state index contributed by atoms with van der Waals surface area (Å²) in [6.07, 6.45) is 15.9. The topological polar surface area (TPSA) is 33.5 Å². The first-order valence-electron chi connectivity index (χ1n) is 13.0. The number of hydrogen-bond donors (Lipinski definition) is 0. The van der Waals surface area contributed by atoms with E-state index in [9.17, 15) is 0 Å².